The van der Waals surface area contributed by atoms with Crippen LogP contribution in [0, 0.1) is 23.7 Å². The van der Waals surface area contributed by atoms with Gasteiger partial charge in [-0.25, -0.2) is 0 Å². The van der Waals surface area contributed by atoms with Crippen molar-refractivity contribution < 1.29 is 12.6 Å². The van der Waals surface area contributed by atoms with E-state index < -0.39 is 11.4 Å². The molecule has 1 unspecified atom stereocenters. The lowest BCUT2D eigenvalue weighted by atomic mass is 9.84. The van der Waals surface area contributed by atoms with Crippen LogP contribution in [-0.4, -0.2) is 17.4 Å². The van der Waals surface area contributed by atoms with Crippen LogP contribution in [0.25, 0.3) is 0 Å². The van der Waals surface area contributed by atoms with Gasteiger partial charge in [-0.05, 0) is 30.1 Å². The second-order valence-electron chi connectivity index (χ2n) is 4.05. The van der Waals surface area contributed by atoms with Gasteiger partial charge in [0.05, 0.1) is 13.2 Å². The third kappa shape index (κ3) is 1.20. The van der Waals surface area contributed by atoms with E-state index in [1.165, 1.54) is 6.42 Å². The summed E-state index contributed by atoms with van der Waals surface area (Å²) in [6.07, 6.45) is 5.81. The van der Waals surface area contributed by atoms with E-state index in [-0.39, 0.29) is 0 Å². The third-order valence-electron chi connectivity index (χ3n) is 3.51. The van der Waals surface area contributed by atoms with E-state index in [2.05, 4.69) is 12.2 Å². The summed E-state index contributed by atoms with van der Waals surface area (Å²) in [5.41, 5.74) is 0. The molecule has 0 amide bonds. The average molecular weight is 200 g/mol. The second-order valence-corrected chi connectivity index (χ2v) is 4.93. The average Bonchev–Trinajstić information content (AvgIpc) is 2.66. The molecule has 3 aliphatic rings. The van der Waals surface area contributed by atoms with Crippen molar-refractivity contribution in [1.82, 2.24) is 0 Å². The number of allylic oxidation sites excluding steroid dienone is 2. The molecule has 5 atom stereocenters. The lowest BCUT2D eigenvalue weighted by molar-refractivity contribution is 0.197. The van der Waals surface area contributed by atoms with Gasteiger partial charge in [0.1, 0.15) is 0 Å². The molecule has 1 saturated heterocycles. The Bertz CT molecular complexity index is 252. The van der Waals surface area contributed by atoms with Crippen LogP contribution in [-0.2, 0) is 19.7 Å². The Morgan fingerprint density at radius 1 is 1.08 bits per heavy atom. The van der Waals surface area contributed by atoms with Crippen LogP contribution in [0.15, 0.2) is 12.2 Å². The van der Waals surface area contributed by atoms with E-state index >= 15 is 0 Å². The van der Waals surface area contributed by atoms with Crippen molar-refractivity contribution in [2.24, 2.45) is 23.7 Å². The van der Waals surface area contributed by atoms with Crippen molar-refractivity contribution in [1.29, 1.82) is 0 Å². The van der Waals surface area contributed by atoms with Gasteiger partial charge in [0.25, 0.3) is 0 Å². The zero-order chi connectivity index (χ0) is 8.84. The van der Waals surface area contributed by atoms with E-state index in [4.69, 9.17) is 8.37 Å². The van der Waals surface area contributed by atoms with Gasteiger partial charge in [0, 0.05) is 0 Å². The summed E-state index contributed by atoms with van der Waals surface area (Å²) in [4.78, 5) is 0. The van der Waals surface area contributed by atoms with Crippen LogP contribution in [0.1, 0.15) is 6.42 Å². The molecule has 13 heavy (non-hydrogen) atoms. The molecule has 1 aliphatic heterocycles. The maximum absolute atomic E-state index is 11.0. The summed E-state index contributed by atoms with van der Waals surface area (Å²) in [5, 5.41) is 0. The Kier molecular flexibility index (Phi) is 1.82. The molecule has 72 valence electrons. The highest BCUT2D eigenvalue weighted by Gasteiger charge is 2.46. The predicted molar refractivity (Wildman–Crippen MR) is 47.8 cm³/mol. The zero-order valence-corrected chi connectivity index (χ0v) is 8.03. The fourth-order valence-corrected chi connectivity index (χ4v) is 3.43. The van der Waals surface area contributed by atoms with Crippen LogP contribution in [0.4, 0.5) is 0 Å². The fraction of sp³-hybridized carbons (Fsp3) is 0.778. The predicted octanol–water partition coefficient (Wildman–Crippen LogP) is 1.05. The SMILES string of the molecule is O=S1OC[C@@H]2[C@H](CO1)[C@H]1C=C[C@@H]2C1. The molecule has 1 heterocycles. The summed E-state index contributed by atoms with van der Waals surface area (Å²) in [6, 6.07) is 0. The Labute approximate surface area is 80.0 Å². The number of fused-ring (bicyclic) bond motifs is 5. The van der Waals surface area contributed by atoms with Gasteiger partial charge in [0.2, 0.25) is 0 Å². The molecule has 2 bridgehead atoms. The Morgan fingerprint density at radius 3 is 2.15 bits per heavy atom. The smallest absolute Gasteiger partial charge is 0.268 e. The molecular weight excluding hydrogens is 188 g/mol. The van der Waals surface area contributed by atoms with Crippen LogP contribution in [0.2, 0.25) is 0 Å². The summed E-state index contributed by atoms with van der Waals surface area (Å²) >= 11 is -1.50. The van der Waals surface area contributed by atoms with Gasteiger partial charge in [-0.1, -0.05) is 12.2 Å². The van der Waals surface area contributed by atoms with Gasteiger partial charge in [-0.3, -0.25) is 8.37 Å². The first-order valence-electron chi connectivity index (χ1n) is 4.71. The molecule has 0 aromatic carbocycles. The summed E-state index contributed by atoms with van der Waals surface area (Å²) in [5.74, 6) is 2.38. The van der Waals surface area contributed by atoms with Crippen molar-refractivity contribution in [2.45, 2.75) is 6.42 Å². The van der Waals surface area contributed by atoms with E-state index in [1.807, 2.05) is 0 Å². The lowest BCUT2D eigenvalue weighted by Gasteiger charge is -2.22. The standard InChI is InChI=1S/C9H12O3S/c10-13-11-4-8-6-1-2-7(3-6)9(8)5-12-13/h1-2,6-9H,3-5H2/t6-,7+,8+,9-,13?. The molecule has 2 fully saturated rings. The van der Waals surface area contributed by atoms with Gasteiger partial charge < -0.3 is 0 Å². The van der Waals surface area contributed by atoms with Crippen molar-refractivity contribution >= 4 is 11.4 Å². The van der Waals surface area contributed by atoms with E-state index in [0.717, 1.165) is 0 Å². The molecule has 2 aliphatic carbocycles. The molecular formula is C9H12O3S. The molecule has 0 aromatic rings. The maximum atomic E-state index is 11.0. The monoisotopic (exact) mass is 200 g/mol. The first kappa shape index (κ1) is 8.15. The maximum Gasteiger partial charge on any atom is 0.304 e. The minimum Gasteiger partial charge on any atom is -0.268 e. The van der Waals surface area contributed by atoms with E-state index in [9.17, 15) is 4.21 Å². The van der Waals surface area contributed by atoms with E-state index in [1.54, 1.807) is 0 Å². The lowest BCUT2D eigenvalue weighted by Crippen LogP contribution is -2.24. The fourth-order valence-electron chi connectivity index (χ4n) is 2.82. The van der Waals surface area contributed by atoms with Crippen LogP contribution >= 0.6 is 0 Å². The number of hydrogen-bond acceptors (Lipinski definition) is 3. The normalized spacial score (nSPS) is 53.4. The van der Waals surface area contributed by atoms with Crippen molar-refractivity contribution in [3.8, 4) is 0 Å². The highest BCUT2D eigenvalue weighted by molar-refractivity contribution is 7.75. The molecule has 3 rings (SSSR count). The quantitative estimate of drug-likeness (QED) is 0.548. The number of hydrogen-bond donors (Lipinski definition) is 0. The topological polar surface area (TPSA) is 35.5 Å². The molecule has 0 N–H and O–H groups in total. The Morgan fingerprint density at radius 2 is 1.62 bits per heavy atom. The minimum atomic E-state index is -1.50. The van der Waals surface area contributed by atoms with Gasteiger partial charge in [0.15, 0.2) is 0 Å². The molecule has 1 saturated carbocycles. The summed E-state index contributed by atoms with van der Waals surface area (Å²) in [7, 11) is 0. The third-order valence-corrected chi connectivity index (χ3v) is 4.17. The molecule has 0 aromatic heterocycles. The highest BCUT2D eigenvalue weighted by atomic mass is 32.2. The van der Waals surface area contributed by atoms with Crippen molar-refractivity contribution in [3.05, 3.63) is 12.2 Å². The van der Waals surface area contributed by atoms with Gasteiger partial charge in [-0.2, -0.15) is 4.21 Å². The first-order valence-corrected chi connectivity index (χ1v) is 5.71. The van der Waals surface area contributed by atoms with Crippen LogP contribution < -0.4 is 0 Å². The molecule has 3 nitrogen and oxygen atoms in total. The second kappa shape index (κ2) is 2.90. The summed E-state index contributed by atoms with van der Waals surface area (Å²) in [6.45, 7) is 1.20. The molecule has 0 spiro atoms. The van der Waals surface area contributed by atoms with Crippen LogP contribution in [0.3, 0.4) is 0 Å². The van der Waals surface area contributed by atoms with Crippen molar-refractivity contribution in [3.63, 3.8) is 0 Å². The zero-order valence-electron chi connectivity index (χ0n) is 7.22. The highest BCUT2D eigenvalue weighted by Crippen LogP contribution is 2.48. The molecule has 4 heteroatoms. The Hall–Kier alpha value is -0.190. The van der Waals surface area contributed by atoms with E-state index in [0.29, 0.717) is 36.9 Å². The van der Waals surface area contributed by atoms with Crippen LogP contribution in [0.5, 0.6) is 0 Å². The largest absolute Gasteiger partial charge is 0.304 e. The molecule has 0 radical (unpaired) electrons. The van der Waals surface area contributed by atoms with Gasteiger partial charge >= 0.3 is 11.4 Å². The Balaban J connectivity index is 1.85. The minimum absolute atomic E-state index is 0.543. The van der Waals surface area contributed by atoms with Crippen molar-refractivity contribution in [2.75, 3.05) is 13.2 Å². The summed E-state index contributed by atoms with van der Waals surface area (Å²) < 4.78 is 21.2. The van der Waals surface area contributed by atoms with Gasteiger partial charge in [-0.15, -0.1) is 0 Å². The first-order chi connectivity index (χ1) is 6.34. The number of rotatable bonds is 0.